The third-order valence-electron chi connectivity index (χ3n) is 4.24. The Morgan fingerprint density at radius 2 is 2.21 bits per heavy atom. The van der Waals surface area contributed by atoms with E-state index in [1.165, 1.54) is 29.7 Å². The monoisotopic (exact) mass is 261 g/mol. The highest BCUT2D eigenvalue weighted by Gasteiger charge is 2.20. The van der Waals surface area contributed by atoms with Crippen LogP contribution in [0.2, 0.25) is 0 Å². The zero-order valence-corrected chi connectivity index (χ0v) is 12.5. The summed E-state index contributed by atoms with van der Waals surface area (Å²) in [5, 5.41) is 0. The molecule has 1 aliphatic heterocycles. The molecule has 1 aromatic rings. The summed E-state index contributed by atoms with van der Waals surface area (Å²) in [4.78, 5) is 4.72. The Morgan fingerprint density at radius 1 is 1.42 bits per heavy atom. The predicted octanol–water partition coefficient (Wildman–Crippen LogP) is 2.41. The quantitative estimate of drug-likeness (QED) is 0.853. The van der Waals surface area contributed by atoms with Crippen LogP contribution in [-0.2, 0) is 6.42 Å². The average Bonchev–Trinajstić information content (AvgIpc) is 2.78. The van der Waals surface area contributed by atoms with Gasteiger partial charge in [0.05, 0.1) is 0 Å². The van der Waals surface area contributed by atoms with E-state index in [1.807, 2.05) is 0 Å². The van der Waals surface area contributed by atoms with Gasteiger partial charge in [-0.3, -0.25) is 4.90 Å². The third-order valence-corrected chi connectivity index (χ3v) is 4.24. The van der Waals surface area contributed by atoms with Crippen molar-refractivity contribution in [1.82, 2.24) is 4.90 Å². The van der Waals surface area contributed by atoms with E-state index >= 15 is 0 Å². The van der Waals surface area contributed by atoms with Gasteiger partial charge in [0.2, 0.25) is 0 Å². The van der Waals surface area contributed by atoms with Crippen LogP contribution >= 0.6 is 0 Å². The van der Waals surface area contributed by atoms with E-state index in [0.29, 0.717) is 12.6 Å². The van der Waals surface area contributed by atoms with E-state index < -0.39 is 0 Å². The first-order chi connectivity index (χ1) is 9.17. The Bertz CT molecular complexity index is 416. The van der Waals surface area contributed by atoms with Crippen molar-refractivity contribution in [2.45, 2.75) is 32.2 Å². The molecule has 1 aromatic carbocycles. The second-order valence-electron chi connectivity index (χ2n) is 5.65. The zero-order valence-electron chi connectivity index (χ0n) is 12.5. The van der Waals surface area contributed by atoms with Crippen molar-refractivity contribution >= 4 is 5.69 Å². The number of rotatable bonds is 6. The van der Waals surface area contributed by atoms with E-state index in [-0.39, 0.29) is 0 Å². The molecule has 1 atom stereocenters. The summed E-state index contributed by atoms with van der Waals surface area (Å²) in [6.45, 7) is 5.18. The molecular formula is C16H27N3. The normalized spacial score (nSPS) is 15.9. The Balaban J connectivity index is 2.15. The number of hydrogen-bond donors (Lipinski definition) is 1. The molecule has 3 nitrogen and oxygen atoms in total. The Hall–Kier alpha value is -1.06. The molecule has 1 unspecified atom stereocenters. The molecule has 2 N–H and O–H groups in total. The predicted molar refractivity (Wildman–Crippen MR) is 82.7 cm³/mol. The van der Waals surface area contributed by atoms with Crippen LogP contribution in [0.15, 0.2) is 18.2 Å². The molecule has 0 radical (unpaired) electrons. The number of hydrogen-bond acceptors (Lipinski definition) is 3. The fraction of sp³-hybridized carbons (Fsp3) is 0.625. The molecule has 106 valence electrons. The summed E-state index contributed by atoms with van der Waals surface area (Å²) in [7, 11) is 4.35. The first-order valence-electron chi connectivity index (χ1n) is 7.41. The highest BCUT2D eigenvalue weighted by Crippen LogP contribution is 2.30. The molecular weight excluding hydrogens is 234 g/mol. The van der Waals surface area contributed by atoms with Crippen molar-refractivity contribution in [3.8, 4) is 0 Å². The number of fused-ring (bicyclic) bond motifs is 1. The van der Waals surface area contributed by atoms with Gasteiger partial charge >= 0.3 is 0 Å². The molecule has 0 amide bonds. The van der Waals surface area contributed by atoms with E-state index in [0.717, 1.165) is 19.5 Å². The van der Waals surface area contributed by atoms with Gasteiger partial charge in [0.25, 0.3) is 0 Å². The second-order valence-corrected chi connectivity index (χ2v) is 5.65. The summed E-state index contributed by atoms with van der Waals surface area (Å²) in [6, 6.07) is 7.22. The van der Waals surface area contributed by atoms with Gasteiger partial charge in [-0.2, -0.15) is 0 Å². The Labute approximate surface area is 117 Å². The smallest absolute Gasteiger partial charge is 0.0467 e. The summed E-state index contributed by atoms with van der Waals surface area (Å²) in [5.74, 6) is 0. The Kier molecular flexibility index (Phi) is 4.83. The molecule has 0 saturated carbocycles. The Morgan fingerprint density at radius 3 is 2.89 bits per heavy atom. The maximum atomic E-state index is 6.00. The topological polar surface area (TPSA) is 32.5 Å². The van der Waals surface area contributed by atoms with Gasteiger partial charge in [-0.05, 0) is 43.6 Å². The number of unbranched alkanes of at least 4 members (excludes halogenated alkanes) is 1. The lowest BCUT2D eigenvalue weighted by atomic mass is 10.0. The largest absolute Gasteiger partial charge is 0.374 e. The average molecular weight is 261 g/mol. The van der Waals surface area contributed by atoms with E-state index in [9.17, 15) is 0 Å². The molecule has 0 spiro atoms. The van der Waals surface area contributed by atoms with E-state index in [1.54, 1.807) is 0 Å². The molecule has 0 fully saturated rings. The molecule has 0 aromatic heterocycles. The summed E-state index contributed by atoms with van der Waals surface area (Å²) < 4.78 is 0. The minimum Gasteiger partial charge on any atom is -0.374 e. The van der Waals surface area contributed by atoms with Crippen molar-refractivity contribution in [3.63, 3.8) is 0 Å². The van der Waals surface area contributed by atoms with Gasteiger partial charge in [0.15, 0.2) is 0 Å². The summed E-state index contributed by atoms with van der Waals surface area (Å²) >= 11 is 0. The molecule has 19 heavy (non-hydrogen) atoms. The van der Waals surface area contributed by atoms with Gasteiger partial charge in [-0.15, -0.1) is 0 Å². The number of benzene rings is 1. The maximum absolute atomic E-state index is 6.00. The minimum absolute atomic E-state index is 0.350. The third kappa shape index (κ3) is 3.10. The lowest BCUT2D eigenvalue weighted by Crippen LogP contribution is -2.31. The minimum atomic E-state index is 0.350. The summed E-state index contributed by atoms with van der Waals surface area (Å²) in [5.41, 5.74) is 10.2. The standard InChI is InChI=1S/C16H27N3/c1-4-5-9-18(2)16(12-17)13-6-7-15-14(11-13)8-10-19(15)3/h6-7,11,16H,4-5,8-10,12,17H2,1-3H3. The van der Waals surface area contributed by atoms with E-state index in [4.69, 9.17) is 5.73 Å². The highest BCUT2D eigenvalue weighted by atomic mass is 15.1. The first-order valence-corrected chi connectivity index (χ1v) is 7.41. The van der Waals surface area contributed by atoms with Crippen LogP contribution < -0.4 is 10.6 Å². The van der Waals surface area contributed by atoms with Crippen molar-refractivity contribution in [3.05, 3.63) is 29.3 Å². The molecule has 1 aliphatic rings. The van der Waals surface area contributed by atoms with Gasteiger partial charge in [0, 0.05) is 31.9 Å². The highest BCUT2D eigenvalue weighted by molar-refractivity contribution is 5.58. The maximum Gasteiger partial charge on any atom is 0.0467 e. The summed E-state index contributed by atoms with van der Waals surface area (Å²) in [6.07, 6.45) is 3.63. The number of likely N-dealkylation sites (N-methyl/N-ethyl adjacent to an activating group) is 2. The van der Waals surface area contributed by atoms with Gasteiger partial charge in [-0.25, -0.2) is 0 Å². The molecule has 1 heterocycles. The fourth-order valence-electron chi connectivity index (χ4n) is 2.93. The SMILES string of the molecule is CCCCN(C)C(CN)c1ccc2c(c1)CCN2C. The van der Waals surface area contributed by atoms with Gasteiger partial charge in [-0.1, -0.05) is 25.5 Å². The van der Waals surface area contributed by atoms with Gasteiger partial charge < -0.3 is 10.6 Å². The molecule has 0 aliphatic carbocycles. The molecule has 3 heteroatoms. The number of nitrogens with zero attached hydrogens (tertiary/aromatic N) is 2. The van der Waals surface area contributed by atoms with Crippen LogP contribution in [0.5, 0.6) is 0 Å². The van der Waals surface area contributed by atoms with Crippen molar-refractivity contribution < 1.29 is 0 Å². The molecule has 0 saturated heterocycles. The van der Waals surface area contributed by atoms with Crippen LogP contribution in [0.4, 0.5) is 5.69 Å². The number of anilines is 1. The van der Waals surface area contributed by atoms with Crippen LogP contribution in [0.3, 0.4) is 0 Å². The van der Waals surface area contributed by atoms with Crippen LogP contribution in [0, 0.1) is 0 Å². The van der Waals surface area contributed by atoms with Crippen LogP contribution in [-0.4, -0.2) is 38.6 Å². The fourth-order valence-corrected chi connectivity index (χ4v) is 2.93. The van der Waals surface area contributed by atoms with Crippen molar-refractivity contribution in [2.75, 3.05) is 38.6 Å². The van der Waals surface area contributed by atoms with Crippen molar-refractivity contribution in [1.29, 1.82) is 0 Å². The zero-order chi connectivity index (χ0) is 13.8. The first kappa shape index (κ1) is 14.4. The second kappa shape index (κ2) is 6.40. The lowest BCUT2D eigenvalue weighted by Gasteiger charge is -2.27. The van der Waals surface area contributed by atoms with Crippen LogP contribution in [0.1, 0.15) is 36.9 Å². The lowest BCUT2D eigenvalue weighted by molar-refractivity contribution is 0.246. The molecule has 0 bridgehead atoms. The van der Waals surface area contributed by atoms with Crippen molar-refractivity contribution in [2.24, 2.45) is 5.73 Å². The van der Waals surface area contributed by atoms with Gasteiger partial charge in [0.1, 0.15) is 0 Å². The van der Waals surface area contributed by atoms with E-state index in [2.05, 4.69) is 49.0 Å². The molecule has 2 rings (SSSR count). The van der Waals surface area contributed by atoms with Crippen LogP contribution in [0.25, 0.3) is 0 Å². The number of nitrogens with two attached hydrogens (primary N) is 1.